The molecule has 6 heteroatoms. The molecule has 0 atom stereocenters. The van der Waals surface area contributed by atoms with Gasteiger partial charge in [-0.15, -0.1) is 0 Å². The molecule has 0 amide bonds. The Morgan fingerprint density at radius 1 is 1.07 bits per heavy atom. The second kappa shape index (κ2) is 7.16. The van der Waals surface area contributed by atoms with Crippen LogP contribution in [0.15, 0.2) is 15.3 Å². The highest BCUT2D eigenvalue weighted by Crippen LogP contribution is 1.91. The van der Waals surface area contributed by atoms with Gasteiger partial charge in [0.15, 0.2) is 0 Å². The van der Waals surface area contributed by atoms with Crippen molar-refractivity contribution in [2.75, 3.05) is 13.2 Å². The maximum Gasteiger partial charge on any atom is 0.0913 e. The van der Waals surface area contributed by atoms with Gasteiger partial charge in [-0.25, -0.2) is 0 Å². The number of aliphatic hydroxyl groups is 2. The van der Waals surface area contributed by atoms with E-state index in [4.69, 9.17) is 16.1 Å². The summed E-state index contributed by atoms with van der Waals surface area (Å²) in [7, 11) is 0. The molecule has 4 N–H and O–H groups in total. The molecule has 0 saturated carbocycles. The molecule has 0 aliphatic carbocycles. The van der Waals surface area contributed by atoms with Crippen molar-refractivity contribution < 1.29 is 10.2 Å². The molecule has 0 rings (SSSR count). The predicted molar refractivity (Wildman–Crippen MR) is 56.6 cm³/mol. The quantitative estimate of drug-likeness (QED) is 0.317. The average Bonchev–Trinajstić information content (AvgIpc) is 2.19. The average molecular weight is 200 g/mol. The molecule has 0 unspecified atom stereocenters. The zero-order valence-electron chi connectivity index (χ0n) is 8.43. The third kappa shape index (κ3) is 5.39. The molecule has 0 aliphatic heterocycles. The molecule has 0 saturated heterocycles. The fourth-order valence-electron chi connectivity index (χ4n) is 0.721. The molecule has 80 valence electrons. The van der Waals surface area contributed by atoms with Crippen LogP contribution in [0.1, 0.15) is 20.3 Å². The third-order valence-electron chi connectivity index (χ3n) is 1.46. The van der Waals surface area contributed by atoms with Gasteiger partial charge in [0, 0.05) is 17.8 Å². The lowest BCUT2D eigenvalue weighted by atomic mass is 10.2. The van der Waals surface area contributed by atoms with Crippen molar-refractivity contribution in [2.24, 2.45) is 21.1 Å². The first-order valence-corrected chi connectivity index (χ1v) is 4.18. The second-order valence-corrected chi connectivity index (χ2v) is 2.86. The molecule has 0 fully saturated rings. The summed E-state index contributed by atoms with van der Waals surface area (Å²) >= 11 is 0. The summed E-state index contributed by atoms with van der Waals surface area (Å²) < 4.78 is 0. The van der Waals surface area contributed by atoms with Gasteiger partial charge in [-0.05, 0) is 13.8 Å². The highest BCUT2D eigenvalue weighted by Gasteiger charge is 1.96. The Kier molecular flexibility index (Phi) is 6.51. The Morgan fingerprint density at radius 2 is 1.64 bits per heavy atom. The predicted octanol–water partition coefficient (Wildman–Crippen LogP) is -0.487. The fourth-order valence-corrected chi connectivity index (χ4v) is 0.721. The van der Waals surface area contributed by atoms with E-state index in [1.54, 1.807) is 13.8 Å². The first kappa shape index (κ1) is 12.7. The highest BCUT2D eigenvalue weighted by atomic mass is 16.3. The normalized spacial score (nSPS) is 12.9. The summed E-state index contributed by atoms with van der Waals surface area (Å²) in [5.41, 5.74) is 1.69. The minimum atomic E-state index is -0.294. The van der Waals surface area contributed by atoms with Gasteiger partial charge in [0.1, 0.15) is 0 Å². The number of hydrogen-bond donors (Lipinski definition) is 3. The Balaban J connectivity index is 4.30. The molecule has 0 spiro atoms. The van der Waals surface area contributed by atoms with Crippen molar-refractivity contribution in [1.29, 1.82) is 0 Å². The van der Waals surface area contributed by atoms with Crippen molar-refractivity contribution in [3.8, 4) is 0 Å². The molecule has 0 heterocycles. The standard InChI is InChI=1S/C8H16N4O2/c1-6(10-9)3-7(2)11-12-8(4-13)5-14/h13-14H,3-5,9H2,1-2H3. The molecule has 0 aromatic carbocycles. The van der Waals surface area contributed by atoms with Gasteiger partial charge in [0.2, 0.25) is 0 Å². The van der Waals surface area contributed by atoms with Gasteiger partial charge in [-0.2, -0.15) is 15.3 Å². The maximum absolute atomic E-state index is 8.66. The van der Waals surface area contributed by atoms with E-state index < -0.39 is 0 Å². The molecule has 6 nitrogen and oxygen atoms in total. The minimum Gasteiger partial charge on any atom is -0.390 e. The fraction of sp³-hybridized carbons (Fsp3) is 0.625. The molecule has 0 bridgehead atoms. The number of rotatable bonds is 5. The van der Waals surface area contributed by atoms with E-state index in [-0.39, 0.29) is 18.9 Å². The number of nitrogens with zero attached hydrogens (tertiary/aromatic N) is 3. The van der Waals surface area contributed by atoms with Crippen LogP contribution in [0.25, 0.3) is 0 Å². The van der Waals surface area contributed by atoms with Gasteiger partial charge >= 0.3 is 0 Å². The summed E-state index contributed by atoms with van der Waals surface area (Å²) in [6.07, 6.45) is 0.532. The van der Waals surface area contributed by atoms with Crippen LogP contribution < -0.4 is 5.84 Å². The van der Waals surface area contributed by atoms with Crippen molar-refractivity contribution >= 4 is 17.1 Å². The highest BCUT2D eigenvalue weighted by molar-refractivity contribution is 6.02. The second-order valence-electron chi connectivity index (χ2n) is 2.86. The first-order chi connectivity index (χ1) is 6.63. The SMILES string of the molecule is CC(CC(C)=NN=C(CO)CO)=NN. The topological polar surface area (TPSA) is 104 Å². The summed E-state index contributed by atoms with van der Waals surface area (Å²) in [6.45, 7) is 2.96. The molecule has 0 aliphatic rings. The van der Waals surface area contributed by atoms with Crippen LogP contribution in [-0.2, 0) is 0 Å². The van der Waals surface area contributed by atoms with Gasteiger partial charge in [0.05, 0.1) is 18.9 Å². The molecule has 0 aromatic rings. The Bertz CT molecular complexity index is 252. The molecule has 0 radical (unpaired) electrons. The zero-order chi connectivity index (χ0) is 11.0. The maximum atomic E-state index is 8.66. The summed E-state index contributed by atoms with van der Waals surface area (Å²) in [6, 6.07) is 0. The van der Waals surface area contributed by atoms with Gasteiger partial charge in [0.25, 0.3) is 0 Å². The van der Waals surface area contributed by atoms with Crippen LogP contribution in [-0.4, -0.2) is 40.6 Å². The first-order valence-electron chi connectivity index (χ1n) is 4.18. The smallest absolute Gasteiger partial charge is 0.0913 e. The lowest BCUT2D eigenvalue weighted by Gasteiger charge is -1.97. The van der Waals surface area contributed by atoms with Crippen LogP contribution in [0.4, 0.5) is 0 Å². The van der Waals surface area contributed by atoms with Crippen molar-refractivity contribution in [3.05, 3.63) is 0 Å². The summed E-state index contributed by atoms with van der Waals surface area (Å²) in [5.74, 6) is 5.05. The molecular formula is C8H16N4O2. The van der Waals surface area contributed by atoms with Crippen LogP contribution in [0, 0.1) is 0 Å². The van der Waals surface area contributed by atoms with Crippen LogP contribution in [0.3, 0.4) is 0 Å². The Labute approximate surface area is 82.8 Å². The van der Waals surface area contributed by atoms with Gasteiger partial charge in [-0.3, -0.25) is 0 Å². The van der Waals surface area contributed by atoms with Crippen molar-refractivity contribution in [1.82, 2.24) is 0 Å². The number of aliphatic hydroxyl groups excluding tert-OH is 2. The lowest BCUT2D eigenvalue weighted by molar-refractivity contribution is 0.319. The largest absolute Gasteiger partial charge is 0.390 e. The van der Waals surface area contributed by atoms with Crippen molar-refractivity contribution in [3.63, 3.8) is 0 Å². The van der Waals surface area contributed by atoms with E-state index in [9.17, 15) is 0 Å². The Morgan fingerprint density at radius 3 is 2.07 bits per heavy atom. The molecule has 0 aromatic heterocycles. The van der Waals surface area contributed by atoms with Crippen LogP contribution in [0.2, 0.25) is 0 Å². The minimum absolute atomic E-state index is 0.228. The van der Waals surface area contributed by atoms with Crippen LogP contribution >= 0.6 is 0 Å². The summed E-state index contributed by atoms with van der Waals surface area (Å²) in [5, 5.41) is 28.3. The number of hydrazone groups is 1. The zero-order valence-corrected chi connectivity index (χ0v) is 8.43. The van der Waals surface area contributed by atoms with E-state index in [0.717, 1.165) is 11.4 Å². The summed E-state index contributed by atoms with van der Waals surface area (Å²) in [4.78, 5) is 0. The molecular weight excluding hydrogens is 184 g/mol. The van der Waals surface area contributed by atoms with Gasteiger partial charge < -0.3 is 16.1 Å². The van der Waals surface area contributed by atoms with E-state index in [1.807, 2.05) is 0 Å². The molecule has 14 heavy (non-hydrogen) atoms. The van der Waals surface area contributed by atoms with Gasteiger partial charge in [-0.1, -0.05) is 0 Å². The van der Waals surface area contributed by atoms with E-state index in [0.29, 0.717) is 6.42 Å². The number of hydrogen-bond acceptors (Lipinski definition) is 6. The number of nitrogens with two attached hydrogens (primary N) is 1. The lowest BCUT2D eigenvalue weighted by Crippen LogP contribution is -2.09. The Hall–Kier alpha value is -1.27. The van der Waals surface area contributed by atoms with E-state index >= 15 is 0 Å². The van der Waals surface area contributed by atoms with Crippen molar-refractivity contribution in [2.45, 2.75) is 20.3 Å². The van der Waals surface area contributed by atoms with E-state index in [1.165, 1.54) is 0 Å². The van der Waals surface area contributed by atoms with E-state index in [2.05, 4.69) is 15.3 Å². The third-order valence-corrected chi connectivity index (χ3v) is 1.46. The van der Waals surface area contributed by atoms with Crippen LogP contribution in [0.5, 0.6) is 0 Å². The monoisotopic (exact) mass is 200 g/mol.